The summed E-state index contributed by atoms with van der Waals surface area (Å²) >= 11 is 0. The molecule has 0 aromatic heterocycles. The minimum atomic E-state index is -0.810. The fourth-order valence-corrected chi connectivity index (χ4v) is 8.01. The molecule has 0 fully saturated rings. The van der Waals surface area contributed by atoms with Crippen molar-refractivity contribution in [2.75, 3.05) is 13.2 Å². The number of rotatable bonds is 51. The van der Waals surface area contributed by atoms with Crippen molar-refractivity contribution < 1.29 is 28.6 Å². The van der Waals surface area contributed by atoms with Gasteiger partial charge in [0, 0.05) is 19.3 Å². The maximum Gasteiger partial charge on any atom is 0.306 e. The maximum atomic E-state index is 12.8. The molecule has 382 valence electrons. The highest BCUT2D eigenvalue weighted by Crippen LogP contribution is 2.16. The van der Waals surface area contributed by atoms with Gasteiger partial charge in [0.25, 0.3) is 0 Å². The summed E-state index contributed by atoms with van der Waals surface area (Å²) in [5.74, 6) is -0.971. The molecule has 1 atom stereocenters. The van der Waals surface area contributed by atoms with Crippen LogP contribution in [-0.2, 0) is 28.6 Å². The Morgan fingerprint density at radius 2 is 0.576 bits per heavy atom. The molecule has 66 heavy (non-hydrogen) atoms. The van der Waals surface area contributed by atoms with Gasteiger partial charge in [0.2, 0.25) is 0 Å². The van der Waals surface area contributed by atoms with Crippen LogP contribution in [0.2, 0.25) is 0 Å². The predicted molar refractivity (Wildman–Crippen MR) is 284 cm³/mol. The summed E-state index contributed by atoms with van der Waals surface area (Å²) in [6.07, 6.45) is 67.9. The van der Waals surface area contributed by atoms with Gasteiger partial charge in [-0.15, -0.1) is 0 Å². The highest BCUT2D eigenvalue weighted by molar-refractivity contribution is 5.71. The number of esters is 3. The summed E-state index contributed by atoms with van der Waals surface area (Å²) in [5.41, 5.74) is 0. The number of carbonyl (C=O) groups excluding carboxylic acids is 3. The van der Waals surface area contributed by atoms with E-state index in [-0.39, 0.29) is 37.5 Å². The quantitative estimate of drug-likeness (QED) is 0.0262. The second-order valence-electron chi connectivity index (χ2n) is 18.9. The van der Waals surface area contributed by atoms with E-state index in [4.69, 9.17) is 14.2 Å². The minimum absolute atomic E-state index is 0.0999. The van der Waals surface area contributed by atoms with Crippen LogP contribution in [0.1, 0.15) is 284 Å². The van der Waals surface area contributed by atoms with Gasteiger partial charge in [-0.2, -0.15) is 0 Å². The smallest absolute Gasteiger partial charge is 0.306 e. The van der Waals surface area contributed by atoms with Crippen LogP contribution in [0.15, 0.2) is 60.8 Å². The molecule has 6 heteroatoms. The lowest BCUT2D eigenvalue weighted by Crippen LogP contribution is -2.30. The van der Waals surface area contributed by atoms with Gasteiger partial charge < -0.3 is 14.2 Å². The molecule has 0 aliphatic heterocycles. The van der Waals surface area contributed by atoms with Crippen LogP contribution in [-0.4, -0.2) is 37.2 Å². The van der Waals surface area contributed by atoms with E-state index < -0.39 is 6.10 Å². The van der Waals surface area contributed by atoms with Crippen molar-refractivity contribution >= 4 is 17.9 Å². The highest BCUT2D eigenvalue weighted by Gasteiger charge is 2.19. The third-order valence-electron chi connectivity index (χ3n) is 12.3. The number of hydrogen-bond acceptors (Lipinski definition) is 6. The highest BCUT2D eigenvalue weighted by atomic mass is 16.6. The average Bonchev–Trinajstić information content (AvgIpc) is 3.31. The van der Waals surface area contributed by atoms with Crippen LogP contribution >= 0.6 is 0 Å². The monoisotopic (exact) mass is 923 g/mol. The van der Waals surface area contributed by atoms with E-state index >= 15 is 0 Å². The molecule has 0 unspecified atom stereocenters. The van der Waals surface area contributed by atoms with Gasteiger partial charge in [-0.05, 0) is 57.8 Å². The van der Waals surface area contributed by atoms with E-state index in [9.17, 15) is 14.4 Å². The fraction of sp³-hybridized carbons (Fsp3) is 0.783. The summed E-state index contributed by atoms with van der Waals surface area (Å²) in [5, 5.41) is 0. The summed E-state index contributed by atoms with van der Waals surface area (Å²) in [4.78, 5) is 38.0. The first-order valence-corrected chi connectivity index (χ1v) is 28.3. The lowest BCUT2D eigenvalue weighted by molar-refractivity contribution is -0.166. The Balaban J connectivity index is 4.45. The van der Waals surface area contributed by atoms with Gasteiger partial charge in [0.15, 0.2) is 6.10 Å². The Kier molecular flexibility index (Phi) is 52.3. The maximum absolute atomic E-state index is 12.8. The largest absolute Gasteiger partial charge is 0.462 e. The predicted octanol–water partition coefficient (Wildman–Crippen LogP) is 18.8. The second kappa shape index (κ2) is 54.7. The van der Waals surface area contributed by atoms with E-state index in [1.165, 1.54) is 173 Å². The van der Waals surface area contributed by atoms with E-state index in [1.54, 1.807) is 0 Å². The molecule has 0 saturated heterocycles. The Bertz CT molecular complexity index is 1200. The van der Waals surface area contributed by atoms with Gasteiger partial charge >= 0.3 is 17.9 Å². The molecule has 0 aliphatic carbocycles. The SMILES string of the molecule is CCCCC/C=C\C/C=C\C/C=C\C/C=C\C/C=C\CCC(=O)O[C@@H](COC(=O)CCCCCCCCCCCCCC)COC(=O)CCCCCCCCCCCCCCCCCCC. The van der Waals surface area contributed by atoms with Crippen molar-refractivity contribution in [3.63, 3.8) is 0 Å². The topological polar surface area (TPSA) is 78.9 Å². The molecule has 0 N–H and O–H groups in total. The van der Waals surface area contributed by atoms with Crippen LogP contribution in [0, 0.1) is 0 Å². The zero-order chi connectivity index (χ0) is 47.9. The van der Waals surface area contributed by atoms with Crippen LogP contribution in [0.4, 0.5) is 0 Å². The molecule has 0 heterocycles. The van der Waals surface area contributed by atoms with E-state index in [2.05, 4.69) is 75.5 Å². The first-order chi connectivity index (χ1) is 32.5. The van der Waals surface area contributed by atoms with Crippen LogP contribution in [0.25, 0.3) is 0 Å². The van der Waals surface area contributed by atoms with Crippen LogP contribution in [0.5, 0.6) is 0 Å². The molecule has 0 aliphatic rings. The number of ether oxygens (including phenoxy) is 3. The van der Waals surface area contributed by atoms with E-state index in [1.807, 2.05) is 6.08 Å². The lowest BCUT2D eigenvalue weighted by Gasteiger charge is -2.18. The van der Waals surface area contributed by atoms with Crippen molar-refractivity contribution in [3.05, 3.63) is 60.8 Å². The molecule has 0 aromatic rings. The Labute approximate surface area is 409 Å². The zero-order valence-corrected chi connectivity index (χ0v) is 43.7. The molecule has 0 aromatic carbocycles. The molecule has 6 nitrogen and oxygen atoms in total. The van der Waals surface area contributed by atoms with Gasteiger partial charge in [-0.1, -0.05) is 268 Å². The molecular weight excluding hydrogens is 817 g/mol. The minimum Gasteiger partial charge on any atom is -0.462 e. The normalized spacial score (nSPS) is 12.5. The molecule has 0 radical (unpaired) electrons. The van der Waals surface area contributed by atoms with Crippen molar-refractivity contribution in [1.82, 2.24) is 0 Å². The van der Waals surface area contributed by atoms with E-state index in [0.717, 1.165) is 64.2 Å². The summed E-state index contributed by atoms with van der Waals surface area (Å²) < 4.78 is 16.8. The molecule has 0 rings (SSSR count). The molecule has 0 amide bonds. The second-order valence-corrected chi connectivity index (χ2v) is 18.9. The molecule has 0 saturated carbocycles. The zero-order valence-electron chi connectivity index (χ0n) is 43.7. The summed E-state index contributed by atoms with van der Waals surface area (Å²) in [7, 11) is 0. The number of carbonyl (C=O) groups is 3. The van der Waals surface area contributed by atoms with Gasteiger partial charge in [0.05, 0.1) is 0 Å². The first kappa shape index (κ1) is 63.1. The third-order valence-corrected chi connectivity index (χ3v) is 12.3. The Hall–Kier alpha value is -2.89. The van der Waals surface area contributed by atoms with Crippen molar-refractivity contribution in [2.45, 2.75) is 290 Å². The molecular formula is C60H106O6. The standard InChI is InChI=1S/C60H106O6/c1-4-7-10-13-16-19-22-25-27-29-30-32-34-36-39-42-45-48-51-54-60(63)66-57(55-64-58(61)52-49-46-43-40-37-24-21-18-15-12-9-6-3)56-65-59(62)53-50-47-44-41-38-35-33-31-28-26-23-20-17-14-11-8-5-2/h16,19,25,27,30,32,36,39,45,48,57H,4-15,17-18,20-24,26,28-29,31,33-35,37-38,40-44,46-47,49-56H2,1-3H3/b19-16-,27-25-,32-30-,39-36-,48-45-/t57-/m0/s1. The Morgan fingerprint density at radius 1 is 0.303 bits per heavy atom. The molecule has 0 bridgehead atoms. The van der Waals surface area contributed by atoms with Crippen molar-refractivity contribution in [1.29, 1.82) is 0 Å². The number of allylic oxidation sites excluding steroid dienone is 10. The van der Waals surface area contributed by atoms with Crippen molar-refractivity contribution in [2.24, 2.45) is 0 Å². The van der Waals surface area contributed by atoms with E-state index in [0.29, 0.717) is 19.3 Å². The fourth-order valence-electron chi connectivity index (χ4n) is 8.01. The number of hydrogen-bond donors (Lipinski definition) is 0. The average molecular weight is 924 g/mol. The summed E-state index contributed by atoms with van der Waals surface area (Å²) in [6, 6.07) is 0. The first-order valence-electron chi connectivity index (χ1n) is 28.3. The van der Waals surface area contributed by atoms with Crippen molar-refractivity contribution in [3.8, 4) is 0 Å². The Morgan fingerprint density at radius 3 is 0.909 bits per heavy atom. The summed E-state index contributed by atoms with van der Waals surface area (Å²) in [6.45, 7) is 6.57. The molecule has 0 spiro atoms. The third kappa shape index (κ3) is 52.1. The van der Waals surface area contributed by atoms with Crippen LogP contribution in [0.3, 0.4) is 0 Å². The van der Waals surface area contributed by atoms with Gasteiger partial charge in [-0.3, -0.25) is 14.4 Å². The van der Waals surface area contributed by atoms with Crippen LogP contribution < -0.4 is 0 Å². The lowest BCUT2D eigenvalue weighted by atomic mass is 10.0. The van der Waals surface area contributed by atoms with Gasteiger partial charge in [0.1, 0.15) is 13.2 Å². The van der Waals surface area contributed by atoms with Gasteiger partial charge in [-0.25, -0.2) is 0 Å². The number of unbranched alkanes of at least 4 members (excludes halogenated alkanes) is 30.